The van der Waals surface area contributed by atoms with Crippen LogP contribution in [0.5, 0.6) is 0 Å². The van der Waals surface area contributed by atoms with Gasteiger partial charge in [-0.2, -0.15) is 0 Å². The first-order chi connectivity index (χ1) is 17.4. The normalized spacial score (nSPS) is 22.7. The van der Waals surface area contributed by atoms with E-state index in [9.17, 15) is 9.59 Å². The van der Waals surface area contributed by atoms with Crippen molar-refractivity contribution in [3.63, 3.8) is 0 Å². The molecule has 2 aromatic carbocycles. The molecule has 0 bridgehead atoms. The van der Waals surface area contributed by atoms with Gasteiger partial charge in [-0.05, 0) is 74.8 Å². The minimum absolute atomic E-state index is 0.0229. The average Bonchev–Trinajstić information content (AvgIpc) is 3.76. The van der Waals surface area contributed by atoms with Gasteiger partial charge in [0.25, 0.3) is 5.91 Å². The van der Waals surface area contributed by atoms with Gasteiger partial charge in [0.2, 0.25) is 5.91 Å². The highest BCUT2D eigenvalue weighted by Crippen LogP contribution is 2.46. The molecule has 3 fully saturated rings. The lowest BCUT2D eigenvalue weighted by Crippen LogP contribution is -2.41. The number of furan rings is 1. The zero-order chi connectivity index (χ0) is 24.6. The van der Waals surface area contributed by atoms with Gasteiger partial charge >= 0.3 is 0 Å². The Bertz CT molecular complexity index is 1450. The van der Waals surface area contributed by atoms with Crippen molar-refractivity contribution >= 4 is 28.6 Å². The topological polar surface area (TPSA) is 66.1 Å². The van der Waals surface area contributed by atoms with E-state index in [4.69, 9.17) is 9.41 Å². The monoisotopic (exact) mass is 485 g/mol. The molecular formula is C29H28FN3O3. The summed E-state index contributed by atoms with van der Waals surface area (Å²) < 4.78 is 21.1. The first kappa shape index (κ1) is 21.8. The molecule has 36 heavy (non-hydrogen) atoms. The number of fused-ring (bicyclic) bond motifs is 1. The van der Waals surface area contributed by atoms with Crippen LogP contribution in [0.4, 0.5) is 4.39 Å². The summed E-state index contributed by atoms with van der Waals surface area (Å²) in [7, 11) is 0. The van der Waals surface area contributed by atoms with E-state index in [2.05, 4.69) is 0 Å². The van der Waals surface area contributed by atoms with Crippen LogP contribution < -0.4 is 0 Å². The minimum atomic E-state index is -0.656. The molecule has 0 N–H and O–H groups in total. The molecule has 4 aliphatic rings. The number of carbonyl (C=O) groups is 2. The number of carbonyl (C=O) groups excluding carboxylic acids is 2. The van der Waals surface area contributed by atoms with Crippen LogP contribution >= 0.6 is 0 Å². The van der Waals surface area contributed by atoms with Crippen molar-refractivity contribution in [3.8, 4) is 11.1 Å². The fraction of sp³-hybridized carbons (Fsp3) is 0.414. The lowest BCUT2D eigenvalue weighted by molar-refractivity contribution is -0.131. The Kier molecular flexibility index (Phi) is 4.69. The number of aryl methyl sites for hydroxylation is 1. The molecule has 3 aromatic rings. The first-order valence-corrected chi connectivity index (χ1v) is 12.9. The van der Waals surface area contributed by atoms with E-state index in [0.717, 1.165) is 60.9 Å². The molecule has 2 aliphatic carbocycles. The second-order valence-corrected chi connectivity index (χ2v) is 10.9. The Hall–Kier alpha value is -3.48. The number of halogens is 1. The number of amides is 2. The average molecular weight is 486 g/mol. The third-order valence-electron chi connectivity index (χ3n) is 8.09. The van der Waals surface area contributed by atoms with Crippen molar-refractivity contribution in [2.75, 3.05) is 19.6 Å². The lowest BCUT2D eigenvalue weighted by atomic mass is 10.0. The fourth-order valence-electron chi connectivity index (χ4n) is 5.75. The maximum atomic E-state index is 15.4. The van der Waals surface area contributed by atoms with Crippen molar-refractivity contribution in [2.24, 2.45) is 16.8 Å². The van der Waals surface area contributed by atoms with Crippen molar-refractivity contribution in [3.05, 3.63) is 59.6 Å². The second-order valence-electron chi connectivity index (χ2n) is 10.9. The van der Waals surface area contributed by atoms with Gasteiger partial charge in [-0.3, -0.25) is 19.5 Å². The molecule has 1 atom stereocenters. The first-order valence-electron chi connectivity index (χ1n) is 12.9. The number of nitrogens with zero attached hydrogens (tertiary/aromatic N) is 3. The lowest BCUT2D eigenvalue weighted by Gasteiger charge is -2.24. The predicted octanol–water partition coefficient (Wildman–Crippen LogP) is 4.93. The van der Waals surface area contributed by atoms with Crippen molar-refractivity contribution in [1.29, 1.82) is 0 Å². The summed E-state index contributed by atoms with van der Waals surface area (Å²) >= 11 is 0. The van der Waals surface area contributed by atoms with Crippen LogP contribution in [0.25, 0.3) is 22.1 Å². The Labute approximate surface area is 208 Å². The molecule has 2 amide bonds. The van der Waals surface area contributed by atoms with Gasteiger partial charge in [-0.25, -0.2) is 4.39 Å². The summed E-state index contributed by atoms with van der Waals surface area (Å²) in [6.45, 7) is 3.85. The molecule has 2 saturated carbocycles. The van der Waals surface area contributed by atoms with Crippen LogP contribution in [0.15, 0.2) is 51.9 Å². The van der Waals surface area contributed by atoms with Gasteiger partial charge in [0.1, 0.15) is 28.5 Å². The van der Waals surface area contributed by atoms with E-state index >= 15 is 4.39 Å². The van der Waals surface area contributed by atoms with Crippen LogP contribution in [-0.2, 0) is 9.59 Å². The molecule has 6 nitrogen and oxygen atoms in total. The smallest absolute Gasteiger partial charge is 0.256 e. The Balaban J connectivity index is 1.15. The minimum Gasteiger partial charge on any atom is -0.461 e. The number of aliphatic imine (C=N–C) groups is 1. The highest BCUT2D eigenvalue weighted by molar-refractivity contribution is 6.16. The molecule has 3 heterocycles. The SMILES string of the molecule is Cc1cc2cc(-c3ccc(C4=NC5(CC5)C(=O)N4C[C@@H]4CCN(C(=O)C5CC5)C4)cc3F)ccc2o1. The van der Waals surface area contributed by atoms with E-state index in [1.807, 2.05) is 42.2 Å². The second kappa shape index (κ2) is 7.76. The van der Waals surface area contributed by atoms with Crippen LogP contribution in [-0.4, -0.2) is 52.6 Å². The third kappa shape index (κ3) is 3.55. The molecule has 1 saturated heterocycles. The molecule has 0 unspecified atom stereocenters. The Morgan fingerprint density at radius 2 is 1.92 bits per heavy atom. The molecular weight excluding hydrogens is 457 g/mol. The zero-order valence-corrected chi connectivity index (χ0v) is 20.3. The summed E-state index contributed by atoms with van der Waals surface area (Å²) in [6.07, 6.45) is 4.37. The maximum Gasteiger partial charge on any atom is 0.256 e. The van der Waals surface area contributed by atoms with E-state index in [-0.39, 0.29) is 29.5 Å². The molecule has 0 radical (unpaired) electrons. The van der Waals surface area contributed by atoms with Gasteiger partial charge in [0, 0.05) is 42.1 Å². The van der Waals surface area contributed by atoms with Crippen LogP contribution in [0.1, 0.15) is 43.4 Å². The quantitative estimate of drug-likeness (QED) is 0.515. The van der Waals surface area contributed by atoms with Crippen molar-refractivity contribution in [2.45, 2.75) is 44.6 Å². The van der Waals surface area contributed by atoms with Crippen LogP contribution in [0.2, 0.25) is 0 Å². The Morgan fingerprint density at radius 3 is 2.67 bits per heavy atom. The van der Waals surface area contributed by atoms with E-state index < -0.39 is 5.54 Å². The van der Waals surface area contributed by atoms with Gasteiger partial charge in [-0.1, -0.05) is 18.2 Å². The predicted molar refractivity (Wildman–Crippen MR) is 134 cm³/mol. The van der Waals surface area contributed by atoms with Gasteiger partial charge in [-0.15, -0.1) is 0 Å². The van der Waals surface area contributed by atoms with Crippen molar-refractivity contribution < 1.29 is 18.4 Å². The molecule has 2 aliphatic heterocycles. The van der Waals surface area contributed by atoms with Crippen LogP contribution in [0, 0.1) is 24.6 Å². The van der Waals surface area contributed by atoms with Gasteiger partial charge < -0.3 is 9.32 Å². The molecule has 7 heteroatoms. The number of benzene rings is 2. The summed E-state index contributed by atoms with van der Waals surface area (Å²) in [5, 5.41) is 0.937. The largest absolute Gasteiger partial charge is 0.461 e. The highest BCUT2D eigenvalue weighted by atomic mass is 19.1. The van der Waals surface area contributed by atoms with Gasteiger partial charge in [0.05, 0.1) is 0 Å². The van der Waals surface area contributed by atoms with E-state index in [1.54, 1.807) is 11.0 Å². The molecule has 184 valence electrons. The Morgan fingerprint density at radius 1 is 1.11 bits per heavy atom. The standard InChI is InChI=1S/C29H28FN3O3/c1-17-12-22-13-20(5-7-25(22)36-17)23-6-4-21(14-24(23)30)26-31-29(9-10-29)28(35)33(26)16-18-8-11-32(15-18)27(34)19-2-3-19/h4-7,12-14,18-19H,2-3,8-11,15-16H2,1H3/t18-/m1/s1. The molecule has 1 spiro atoms. The number of rotatable bonds is 5. The summed E-state index contributed by atoms with van der Waals surface area (Å²) in [4.78, 5) is 34.3. The number of hydrogen-bond donors (Lipinski definition) is 0. The van der Waals surface area contributed by atoms with Crippen molar-refractivity contribution in [1.82, 2.24) is 9.80 Å². The number of likely N-dealkylation sites (tertiary alicyclic amines) is 1. The molecule has 7 rings (SSSR count). The van der Waals surface area contributed by atoms with E-state index in [1.165, 1.54) is 6.07 Å². The number of hydrogen-bond acceptors (Lipinski definition) is 4. The van der Waals surface area contributed by atoms with Gasteiger partial charge in [0.15, 0.2) is 0 Å². The zero-order valence-electron chi connectivity index (χ0n) is 20.3. The van der Waals surface area contributed by atoms with E-state index in [0.29, 0.717) is 30.1 Å². The summed E-state index contributed by atoms with van der Waals surface area (Å²) in [5.41, 5.74) is 2.02. The fourth-order valence-corrected chi connectivity index (χ4v) is 5.75. The third-order valence-corrected chi connectivity index (χ3v) is 8.09. The summed E-state index contributed by atoms with van der Waals surface area (Å²) in [5.74, 6) is 1.75. The molecule has 1 aromatic heterocycles. The summed E-state index contributed by atoms with van der Waals surface area (Å²) in [6, 6.07) is 12.7. The maximum absolute atomic E-state index is 15.4. The highest BCUT2D eigenvalue weighted by Gasteiger charge is 2.57. The van der Waals surface area contributed by atoms with Crippen LogP contribution in [0.3, 0.4) is 0 Å². The number of amidine groups is 1.